The van der Waals surface area contributed by atoms with Crippen molar-refractivity contribution in [2.45, 2.75) is 13.5 Å². The van der Waals surface area contributed by atoms with E-state index in [4.69, 9.17) is 5.73 Å². The highest BCUT2D eigenvalue weighted by molar-refractivity contribution is 6.02. The molecule has 4 N–H and O–H groups in total. The SMILES string of the molecule is CC#Cc1cc(-c2ccc(CO)cc2)c2[nH]c(C(N)=O)cc2c1. The van der Waals surface area contributed by atoms with Crippen molar-refractivity contribution in [3.8, 4) is 23.0 Å². The van der Waals surface area contributed by atoms with Crippen LogP contribution in [0.4, 0.5) is 0 Å². The number of benzene rings is 2. The highest BCUT2D eigenvalue weighted by Crippen LogP contribution is 2.30. The van der Waals surface area contributed by atoms with Gasteiger partial charge in [-0.25, -0.2) is 0 Å². The number of aromatic amines is 1. The Bertz CT molecular complexity index is 941. The lowest BCUT2D eigenvalue weighted by Crippen LogP contribution is -2.10. The molecule has 0 atom stereocenters. The van der Waals surface area contributed by atoms with E-state index in [0.29, 0.717) is 5.69 Å². The van der Waals surface area contributed by atoms with Crippen LogP contribution in [0.3, 0.4) is 0 Å². The van der Waals surface area contributed by atoms with E-state index in [1.165, 1.54) is 0 Å². The second-order valence-corrected chi connectivity index (χ2v) is 5.27. The Labute approximate surface area is 133 Å². The second kappa shape index (κ2) is 5.99. The number of aromatic nitrogens is 1. The Balaban J connectivity index is 2.26. The molecule has 0 bridgehead atoms. The average molecular weight is 304 g/mol. The number of aliphatic hydroxyl groups is 1. The van der Waals surface area contributed by atoms with Gasteiger partial charge in [0.1, 0.15) is 5.69 Å². The molecule has 0 fully saturated rings. The fraction of sp³-hybridized carbons (Fsp3) is 0.105. The van der Waals surface area contributed by atoms with Crippen molar-refractivity contribution in [1.29, 1.82) is 0 Å². The van der Waals surface area contributed by atoms with Crippen LogP contribution in [0.25, 0.3) is 22.0 Å². The molecule has 0 unspecified atom stereocenters. The van der Waals surface area contributed by atoms with Gasteiger partial charge in [-0.3, -0.25) is 4.79 Å². The minimum absolute atomic E-state index is 0.00532. The molecule has 0 radical (unpaired) electrons. The molecule has 0 saturated carbocycles. The molecule has 1 heterocycles. The van der Waals surface area contributed by atoms with Crippen molar-refractivity contribution in [2.24, 2.45) is 5.73 Å². The van der Waals surface area contributed by atoms with Gasteiger partial charge in [0.2, 0.25) is 0 Å². The van der Waals surface area contributed by atoms with Crippen LogP contribution >= 0.6 is 0 Å². The Kier molecular flexibility index (Phi) is 3.88. The molecule has 0 saturated heterocycles. The number of carbonyl (C=O) groups excluding carboxylic acids is 1. The minimum atomic E-state index is -0.495. The van der Waals surface area contributed by atoms with E-state index in [2.05, 4.69) is 16.8 Å². The molecule has 0 aliphatic carbocycles. The predicted molar refractivity (Wildman–Crippen MR) is 90.7 cm³/mol. The maximum atomic E-state index is 11.4. The van der Waals surface area contributed by atoms with Gasteiger partial charge in [0.25, 0.3) is 5.91 Å². The van der Waals surface area contributed by atoms with Crippen LogP contribution in [0.5, 0.6) is 0 Å². The molecular weight excluding hydrogens is 288 g/mol. The first kappa shape index (κ1) is 14.9. The van der Waals surface area contributed by atoms with Gasteiger partial charge in [-0.1, -0.05) is 30.2 Å². The maximum absolute atomic E-state index is 11.4. The fourth-order valence-electron chi connectivity index (χ4n) is 2.61. The molecule has 2 aromatic carbocycles. The predicted octanol–water partition coefficient (Wildman–Crippen LogP) is 2.80. The topological polar surface area (TPSA) is 79.1 Å². The van der Waals surface area contributed by atoms with Gasteiger partial charge in [0.05, 0.1) is 12.1 Å². The average Bonchev–Trinajstić information content (AvgIpc) is 2.99. The van der Waals surface area contributed by atoms with Crippen molar-refractivity contribution < 1.29 is 9.90 Å². The van der Waals surface area contributed by atoms with Crippen LogP contribution in [0.2, 0.25) is 0 Å². The van der Waals surface area contributed by atoms with Gasteiger partial charge in [0.15, 0.2) is 0 Å². The van der Waals surface area contributed by atoms with Crippen LogP contribution in [0.15, 0.2) is 42.5 Å². The number of aliphatic hydroxyl groups excluding tert-OH is 1. The minimum Gasteiger partial charge on any atom is -0.392 e. The molecule has 0 aliphatic heterocycles. The van der Waals surface area contributed by atoms with Crippen molar-refractivity contribution >= 4 is 16.8 Å². The first-order valence-corrected chi connectivity index (χ1v) is 7.22. The molecule has 1 amide bonds. The van der Waals surface area contributed by atoms with Gasteiger partial charge < -0.3 is 15.8 Å². The highest BCUT2D eigenvalue weighted by atomic mass is 16.3. The van der Waals surface area contributed by atoms with E-state index in [0.717, 1.165) is 33.2 Å². The molecule has 0 spiro atoms. The number of carbonyl (C=O) groups is 1. The van der Waals surface area contributed by atoms with Crippen LogP contribution in [0.1, 0.15) is 28.5 Å². The van der Waals surface area contributed by atoms with Crippen molar-refractivity contribution in [1.82, 2.24) is 4.98 Å². The van der Waals surface area contributed by atoms with Gasteiger partial charge >= 0.3 is 0 Å². The summed E-state index contributed by atoms with van der Waals surface area (Å²) in [6.07, 6.45) is 0. The van der Waals surface area contributed by atoms with Gasteiger partial charge in [-0.05, 0) is 36.2 Å². The third-order valence-corrected chi connectivity index (χ3v) is 3.71. The van der Waals surface area contributed by atoms with E-state index in [1.54, 1.807) is 13.0 Å². The molecule has 4 nitrogen and oxygen atoms in total. The van der Waals surface area contributed by atoms with Crippen molar-refractivity contribution in [2.75, 3.05) is 0 Å². The second-order valence-electron chi connectivity index (χ2n) is 5.27. The molecule has 4 heteroatoms. The smallest absolute Gasteiger partial charge is 0.265 e. The summed E-state index contributed by atoms with van der Waals surface area (Å²) in [5.41, 5.74) is 10.2. The largest absolute Gasteiger partial charge is 0.392 e. The maximum Gasteiger partial charge on any atom is 0.265 e. The van der Waals surface area contributed by atoms with Crippen LogP contribution in [0, 0.1) is 11.8 Å². The van der Waals surface area contributed by atoms with E-state index >= 15 is 0 Å². The number of nitrogens with one attached hydrogen (secondary N) is 1. The molecule has 3 rings (SSSR count). The first-order valence-electron chi connectivity index (χ1n) is 7.22. The lowest BCUT2D eigenvalue weighted by atomic mass is 9.99. The molecule has 0 aliphatic rings. The Hall–Kier alpha value is -3.03. The standard InChI is InChI=1S/C19H16N2O2/c1-2-3-13-8-15-10-17(19(20)23)21-18(15)16(9-13)14-6-4-12(11-22)5-7-14/h4-10,21-22H,11H2,1H3,(H2,20,23). The summed E-state index contributed by atoms with van der Waals surface area (Å²) in [6, 6.07) is 13.3. The fourth-order valence-corrected chi connectivity index (χ4v) is 2.61. The van der Waals surface area contributed by atoms with E-state index in [1.807, 2.05) is 36.4 Å². The van der Waals surface area contributed by atoms with Crippen molar-refractivity contribution in [3.05, 3.63) is 59.3 Å². The summed E-state index contributed by atoms with van der Waals surface area (Å²) in [4.78, 5) is 14.5. The normalized spacial score (nSPS) is 10.3. The zero-order valence-electron chi connectivity index (χ0n) is 12.7. The third-order valence-electron chi connectivity index (χ3n) is 3.71. The number of H-pyrrole nitrogens is 1. The summed E-state index contributed by atoms with van der Waals surface area (Å²) < 4.78 is 0. The lowest BCUT2D eigenvalue weighted by molar-refractivity contribution is 0.0996. The molecule has 114 valence electrons. The van der Waals surface area contributed by atoms with Crippen molar-refractivity contribution in [3.63, 3.8) is 0 Å². The van der Waals surface area contributed by atoms with Crippen LogP contribution < -0.4 is 5.73 Å². The zero-order valence-corrected chi connectivity index (χ0v) is 12.7. The quantitative estimate of drug-likeness (QED) is 0.651. The Morgan fingerprint density at radius 3 is 2.57 bits per heavy atom. The number of hydrogen-bond donors (Lipinski definition) is 3. The Morgan fingerprint density at radius 1 is 1.22 bits per heavy atom. The number of rotatable bonds is 3. The number of fused-ring (bicyclic) bond motifs is 1. The summed E-state index contributed by atoms with van der Waals surface area (Å²) >= 11 is 0. The molecule has 3 aromatic rings. The molecular formula is C19H16N2O2. The monoisotopic (exact) mass is 304 g/mol. The van der Waals surface area contributed by atoms with Gasteiger partial charge in [-0.2, -0.15) is 0 Å². The summed E-state index contributed by atoms with van der Waals surface area (Å²) in [5.74, 6) is 5.45. The van der Waals surface area contributed by atoms with Gasteiger partial charge in [0, 0.05) is 16.5 Å². The number of nitrogens with two attached hydrogens (primary N) is 1. The van der Waals surface area contributed by atoms with Crippen LogP contribution in [-0.2, 0) is 6.61 Å². The van der Waals surface area contributed by atoms with E-state index in [9.17, 15) is 9.90 Å². The highest BCUT2D eigenvalue weighted by Gasteiger charge is 2.12. The lowest BCUT2D eigenvalue weighted by Gasteiger charge is -2.06. The zero-order chi connectivity index (χ0) is 16.4. The van der Waals surface area contributed by atoms with Gasteiger partial charge in [-0.15, -0.1) is 5.92 Å². The van der Waals surface area contributed by atoms with E-state index < -0.39 is 5.91 Å². The number of amides is 1. The summed E-state index contributed by atoms with van der Waals surface area (Å²) in [7, 11) is 0. The summed E-state index contributed by atoms with van der Waals surface area (Å²) in [6.45, 7) is 1.79. The molecule has 23 heavy (non-hydrogen) atoms. The molecule has 1 aromatic heterocycles. The number of hydrogen-bond acceptors (Lipinski definition) is 2. The van der Waals surface area contributed by atoms with E-state index in [-0.39, 0.29) is 6.61 Å². The summed E-state index contributed by atoms with van der Waals surface area (Å²) in [5, 5.41) is 10.1. The third kappa shape index (κ3) is 2.83. The number of primary amides is 1. The Morgan fingerprint density at radius 2 is 1.96 bits per heavy atom. The first-order chi connectivity index (χ1) is 11.1. The van der Waals surface area contributed by atoms with Crippen LogP contribution in [-0.4, -0.2) is 16.0 Å².